The first-order valence-electron chi connectivity index (χ1n) is 9.93. The Bertz CT molecular complexity index is 1180. The Kier molecular flexibility index (Phi) is 5.47. The monoisotopic (exact) mass is 424 g/mol. The van der Waals surface area contributed by atoms with Gasteiger partial charge in [0.25, 0.3) is 5.91 Å². The number of likely N-dealkylation sites (tertiary alicyclic amines) is 1. The minimum absolute atomic E-state index is 0.0690. The molecule has 1 aliphatic heterocycles. The van der Waals surface area contributed by atoms with E-state index in [1.807, 2.05) is 25.1 Å². The van der Waals surface area contributed by atoms with E-state index < -0.39 is 15.1 Å². The number of pyridine rings is 1. The molecule has 0 atom stereocenters. The molecule has 30 heavy (non-hydrogen) atoms. The molecule has 0 bridgehead atoms. The number of hydrogen-bond acceptors (Lipinski definition) is 5. The molecule has 3 aromatic rings. The topological polar surface area (TPSA) is 76.6 Å². The molecule has 1 fully saturated rings. The largest absolute Gasteiger partial charge is 0.497 e. The Morgan fingerprint density at radius 2 is 1.77 bits per heavy atom. The summed E-state index contributed by atoms with van der Waals surface area (Å²) in [6.45, 7) is 2.83. The van der Waals surface area contributed by atoms with Crippen LogP contribution in [0.4, 0.5) is 0 Å². The maximum Gasteiger partial charge on any atom is 0.253 e. The van der Waals surface area contributed by atoms with Crippen molar-refractivity contribution in [3.63, 3.8) is 0 Å². The molecule has 1 aliphatic rings. The second-order valence-corrected chi connectivity index (χ2v) is 9.80. The number of aromatic nitrogens is 1. The number of carbonyl (C=O) groups excluding carboxylic acids is 1. The normalized spacial score (nSPS) is 15.3. The summed E-state index contributed by atoms with van der Waals surface area (Å²) in [4.78, 5) is 19.4. The van der Waals surface area contributed by atoms with Crippen molar-refractivity contribution in [1.82, 2.24) is 9.88 Å². The van der Waals surface area contributed by atoms with E-state index in [-0.39, 0.29) is 5.91 Å². The van der Waals surface area contributed by atoms with Gasteiger partial charge in [-0.15, -0.1) is 0 Å². The summed E-state index contributed by atoms with van der Waals surface area (Å²) in [6, 6.07) is 13.9. The predicted octanol–water partition coefficient (Wildman–Crippen LogP) is 3.63. The zero-order chi connectivity index (χ0) is 21.3. The fraction of sp³-hybridized carbons (Fsp3) is 0.304. The second kappa shape index (κ2) is 8.07. The number of sulfone groups is 1. The van der Waals surface area contributed by atoms with Crippen LogP contribution in [0, 0.1) is 6.92 Å². The summed E-state index contributed by atoms with van der Waals surface area (Å²) in [5.74, 6) is 0.552. The van der Waals surface area contributed by atoms with Crippen LogP contribution in [0.5, 0.6) is 5.75 Å². The van der Waals surface area contributed by atoms with Gasteiger partial charge in [-0.05, 0) is 73.9 Å². The van der Waals surface area contributed by atoms with E-state index in [4.69, 9.17) is 4.74 Å². The van der Waals surface area contributed by atoms with E-state index in [1.165, 1.54) is 0 Å². The van der Waals surface area contributed by atoms with Crippen molar-refractivity contribution in [1.29, 1.82) is 0 Å². The van der Waals surface area contributed by atoms with Gasteiger partial charge in [0.15, 0.2) is 9.84 Å². The summed E-state index contributed by atoms with van der Waals surface area (Å²) in [5, 5.41) is 0.471. The second-order valence-electron chi connectivity index (χ2n) is 7.57. The van der Waals surface area contributed by atoms with Crippen LogP contribution in [0.3, 0.4) is 0 Å². The van der Waals surface area contributed by atoms with Gasteiger partial charge in [0.2, 0.25) is 0 Å². The van der Waals surface area contributed by atoms with Crippen LogP contribution in [0.1, 0.15) is 28.8 Å². The van der Waals surface area contributed by atoms with Crippen molar-refractivity contribution in [3.8, 4) is 5.75 Å². The first-order valence-corrected chi connectivity index (χ1v) is 11.5. The molecular formula is C23H24N2O4S. The number of benzene rings is 2. The zero-order valence-corrected chi connectivity index (χ0v) is 17.9. The van der Waals surface area contributed by atoms with E-state index >= 15 is 0 Å². The van der Waals surface area contributed by atoms with Gasteiger partial charge in [0, 0.05) is 30.2 Å². The molecule has 6 nitrogen and oxygen atoms in total. The van der Waals surface area contributed by atoms with E-state index in [0.717, 1.165) is 16.5 Å². The van der Waals surface area contributed by atoms with Crippen LogP contribution in [-0.2, 0) is 9.84 Å². The molecule has 0 aliphatic carbocycles. The molecule has 4 rings (SSSR count). The van der Waals surface area contributed by atoms with Gasteiger partial charge in [-0.3, -0.25) is 9.78 Å². The molecule has 1 aromatic heterocycles. The number of rotatable bonds is 4. The van der Waals surface area contributed by atoms with E-state index in [9.17, 15) is 13.2 Å². The molecule has 156 valence electrons. The number of hydrogen-bond donors (Lipinski definition) is 0. The average molecular weight is 425 g/mol. The third-order valence-corrected chi connectivity index (χ3v) is 8.04. The third-order valence-electron chi connectivity index (χ3n) is 5.76. The van der Waals surface area contributed by atoms with Crippen molar-refractivity contribution in [2.75, 3.05) is 20.2 Å². The van der Waals surface area contributed by atoms with Crippen LogP contribution in [0.15, 0.2) is 59.6 Å². The Balaban J connectivity index is 1.47. The smallest absolute Gasteiger partial charge is 0.253 e. The van der Waals surface area contributed by atoms with Gasteiger partial charge in [-0.1, -0.05) is 0 Å². The van der Waals surface area contributed by atoms with Gasteiger partial charge in [-0.25, -0.2) is 8.42 Å². The van der Waals surface area contributed by atoms with Gasteiger partial charge < -0.3 is 9.64 Å². The molecule has 7 heteroatoms. The lowest BCUT2D eigenvalue weighted by molar-refractivity contribution is 0.0726. The molecular weight excluding hydrogens is 400 g/mol. The van der Waals surface area contributed by atoms with Gasteiger partial charge in [0.1, 0.15) is 5.75 Å². The SMILES string of the molecule is COc1ccc(S(=O)(=O)C2CCN(C(=O)c3ccc4nccc(C)c4c3)CC2)cc1. The number of carbonyl (C=O) groups is 1. The first-order chi connectivity index (χ1) is 14.4. The van der Waals surface area contributed by atoms with E-state index in [2.05, 4.69) is 4.98 Å². The number of piperidine rings is 1. The molecule has 1 saturated heterocycles. The summed E-state index contributed by atoms with van der Waals surface area (Å²) < 4.78 is 31.0. The minimum Gasteiger partial charge on any atom is -0.497 e. The highest BCUT2D eigenvalue weighted by Gasteiger charge is 2.33. The Morgan fingerprint density at radius 3 is 2.43 bits per heavy atom. The van der Waals surface area contributed by atoms with Crippen molar-refractivity contribution in [2.45, 2.75) is 29.9 Å². The molecule has 0 spiro atoms. The standard InChI is InChI=1S/C23H24N2O4S/c1-16-9-12-24-22-8-3-17(15-21(16)22)23(26)25-13-10-20(11-14-25)30(27,28)19-6-4-18(29-2)5-7-19/h3-9,12,15,20H,10-11,13-14H2,1-2H3. The van der Waals surface area contributed by atoms with E-state index in [0.29, 0.717) is 42.1 Å². The summed E-state index contributed by atoms with van der Waals surface area (Å²) in [5.41, 5.74) is 2.53. The van der Waals surface area contributed by atoms with Gasteiger partial charge in [-0.2, -0.15) is 0 Å². The molecule has 0 saturated carbocycles. The predicted molar refractivity (Wildman–Crippen MR) is 116 cm³/mol. The Labute approximate surface area is 176 Å². The number of amides is 1. The van der Waals surface area contributed by atoms with Crippen molar-refractivity contribution in [2.24, 2.45) is 0 Å². The minimum atomic E-state index is -3.44. The summed E-state index contributed by atoms with van der Waals surface area (Å²) in [7, 11) is -1.89. The van der Waals surface area contributed by atoms with E-state index in [1.54, 1.807) is 48.5 Å². The van der Waals surface area contributed by atoms with Crippen LogP contribution in [0.25, 0.3) is 10.9 Å². The highest BCUT2D eigenvalue weighted by atomic mass is 32.2. The van der Waals surface area contributed by atoms with Crippen LogP contribution in [0.2, 0.25) is 0 Å². The molecule has 2 aromatic carbocycles. The number of aryl methyl sites for hydroxylation is 1. The average Bonchev–Trinajstić information content (AvgIpc) is 2.79. The summed E-state index contributed by atoms with van der Waals surface area (Å²) >= 11 is 0. The number of nitrogens with zero attached hydrogens (tertiary/aromatic N) is 2. The van der Waals surface area contributed by atoms with Crippen molar-refractivity contribution < 1.29 is 17.9 Å². The lowest BCUT2D eigenvalue weighted by atomic mass is 10.0. The maximum absolute atomic E-state index is 13.0. The van der Waals surface area contributed by atoms with Crippen molar-refractivity contribution >= 4 is 26.6 Å². The van der Waals surface area contributed by atoms with Crippen LogP contribution in [-0.4, -0.2) is 49.7 Å². The first kappa shape index (κ1) is 20.3. The Morgan fingerprint density at radius 1 is 1.07 bits per heavy atom. The lowest BCUT2D eigenvalue weighted by Crippen LogP contribution is -2.42. The number of fused-ring (bicyclic) bond motifs is 1. The highest BCUT2D eigenvalue weighted by Crippen LogP contribution is 2.27. The lowest BCUT2D eigenvalue weighted by Gasteiger charge is -2.32. The highest BCUT2D eigenvalue weighted by molar-refractivity contribution is 7.92. The van der Waals surface area contributed by atoms with Gasteiger partial charge in [0.05, 0.1) is 22.8 Å². The molecule has 0 radical (unpaired) electrons. The molecule has 0 unspecified atom stereocenters. The maximum atomic E-state index is 13.0. The molecule has 2 heterocycles. The number of methoxy groups -OCH3 is 1. The van der Waals surface area contributed by atoms with Crippen molar-refractivity contribution in [3.05, 3.63) is 65.9 Å². The van der Waals surface area contributed by atoms with Crippen LogP contribution >= 0.6 is 0 Å². The number of ether oxygens (including phenoxy) is 1. The Hall–Kier alpha value is -2.93. The summed E-state index contributed by atoms with van der Waals surface area (Å²) in [6.07, 6.45) is 2.61. The zero-order valence-electron chi connectivity index (χ0n) is 17.0. The fourth-order valence-electron chi connectivity index (χ4n) is 3.93. The van der Waals surface area contributed by atoms with Crippen LogP contribution < -0.4 is 4.74 Å². The third kappa shape index (κ3) is 3.77. The molecule has 0 N–H and O–H groups in total. The molecule has 1 amide bonds. The quantitative estimate of drug-likeness (QED) is 0.639. The van der Waals surface area contributed by atoms with Gasteiger partial charge >= 0.3 is 0 Å². The fourth-order valence-corrected chi connectivity index (χ4v) is 5.66.